The normalized spacial score (nSPS) is 15.7. The second kappa shape index (κ2) is 11.6. The van der Waals surface area contributed by atoms with Gasteiger partial charge in [-0.1, -0.05) is 27.7 Å². The minimum atomic E-state index is -1.21. The van der Waals surface area contributed by atoms with Gasteiger partial charge >= 0.3 is 0 Å². The standard InChI is InChI=1S/C17H34N6O4/c1-8(2)12(23-16(27)11(19)13(24)9(3)4)15(26)14(25)10(18)6-5-7-22-17(20)21/h8-13,24H,5-7,18-19H2,1-4H3,(H,23,27)(H4,20,21,22)/t10-,11+,12+,13-/m1/s1. The van der Waals surface area contributed by atoms with Crippen molar-refractivity contribution in [2.75, 3.05) is 6.54 Å². The van der Waals surface area contributed by atoms with Gasteiger partial charge in [-0.05, 0) is 24.7 Å². The van der Waals surface area contributed by atoms with Crippen LogP contribution in [0.5, 0.6) is 0 Å². The van der Waals surface area contributed by atoms with Crippen molar-refractivity contribution >= 4 is 23.4 Å². The molecule has 0 saturated heterocycles. The average Bonchev–Trinajstić information content (AvgIpc) is 2.59. The smallest absolute Gasteiger partial charge is 0.240 e. The zero-order valence-corrected chi connectivity index (χ0v) is 16.5. The average molecular weight is 386 g/mol. The molecule has 10 heteroatoms. The van der Waals surface area contributed by atoms with E-state index in [0.29, 0.717) is 13.0 Å². The van der Waals surface area contributed by atoms with E-state index in [-0.39, 0.29) is 24.2 Å². The molecule has 0 rings (SSSR count). The van der Waals surface area contributed by atoms with Gasteiger partial charge in [-0.2, -0.15) is 0 Å². The number of carbonyl (C=O) groups excluding carboxylic acids is 3. The van der Waals surface area contributed by atoms with Crippen LogP contribution in [0.4, 0.5) is 0 Å². The zero-order chi connectivity index (χ0) is 21.3. The molecule has 1 amide bonds. The van der Waals surface area contributed by atoms with Crippen molar-refractivity contribution in [3.8, 4) is 0 Å². The third-order valence-electron chi connectivity index (χ3n) is 4.15. The lowest BCUT2D eigenvalue weighted by Gasteiger charge is -2.26. The predicted molar refractivity (Wildman–Crippen MR) is 103 cm³/mol. The number of nitrogens with one attached hydrogen (secondary N) is 1. The third kappa shape index (κ3) is 8.46. The van der Waals surface area contributed by atoms with E-state index in [1.54, 1.807) is 27.7 Å². The second-order valence-corrected chi connectivity index (χ2v) is 7.27. The Bertz CT molecular complexity index is 546. The van der Waals surface area contributed by atoms with E-state index in [2.05, 4.69) is 10.3 Å². The number of nitrogens with two attached hydrogens (primary N) is 4. The van der Waals surface area contributed by atoms with E-state index in [1.165, 1.54) is 0 Å². The van der Waals surface area contributed by atoms with Crippen molar-refractivity contribution in [2.24, 2.45) is 39.8 Å². The lowest BCUT2D eigenvalue weighted by molar-refractivity contribution is -0.140. The quantitative estimate of drug-likeness (QED) is 0.0955. The van der Waals surface area contributed by atoms with Crippen LogP contribution in [-0.2, 0) is 14.4 Å². The summed E-state index contributed by atoms with van der Waals surface area (Å²) in [6, 6.07) is -3.29. The topological polar surface area (TPSA) is 200 Å². The Morgan fingerprint density at radius 2 is 1.56 bits per heavy atom. The van der Waals surface area contributed by atoms with Crippen LogP contribution >= 0.6 is 0 Å². The molecule has 0 aliphatic rings. The van der Waals surface area contributed by atoms with Crippen LogP contribution in [0.15, 0.2) is 4.99 Å². The number of rotatable bonds is 12. The van der Waals surface area contributed by atoms with E-state index < -0.39 is 41.7 Å². The van der Waals surface area contributed by atoms with E-state index in [9.17, 15) is 19.5 Å². The Hall–Kier alpha value is -2.04. The van der Waals surface area contributed by atoms with Crippen LogP contribution < -0.4 is 28.3 Å². The van der Waals surface area contributed by atoms with Crippen LogP contribution in [-0.4, -0.2) is 59.3 Å². The van der Waals surface area contributed by atoms with E-state index in [1.807, 2.05) is 0 Å². The molecule has 0 unspecified atom stereocenters. The number of nitrogens with zero attached hydrogens (tertiary/aromatic N) is 1. The molecule has 27 heavy (non-hydrogen) atoms. The molecule has 0 radical (unpaired) electrons. The van der Waals surface area contributed by atoms with E-state index in [0.717, 1.165) is 0 Å². The Labute approximate surface area is 160 Å². The fourth-order valence-electron chi connectivity index (χ4n) is 2.34. The molecule has 0 aromatic heterocycles. The van der Waals surface area contributed by atoms with Gasteiger partial charge in [0.05, 0.1) is 18.2 Å². The maximum absolute atomic E-state index is 12.5. The molecule has 4 atom stereocenters. The molecule has 0 aliphatic heterocycles. The monoisotopic (exact) mass is 386 g/mol. The molecule has 0 bridgehead atoms. The molecular weight excluding hydrogens is 352 g/mol. The highest BCUT2D eigenvalue weighted by atomic mass is 16.3. The van der Waals surface area contributed by atoms with Gasteiger partial charge in [0, 0.05) is 6.54 Å². The SMILES string of the molecule is CC(C)[C@H](NC(=O)[C@@H](N)[C@H](O)C(C)C)C(=O)C(=O)[C@H](N)CCCN=C(N)N. The first kappa shape index (κ1) is 25.0. The Morgan fingerprint density at radius 3 is 2.00 bits per heavy atom. The van der Waals surface area contributed by atoms with Gasteiger partial charge in [0.25, 0.3) is 0 Å². The number of amides is 1. The number of aliphatic hydroxyl groups excluding tert-OH is 1. The van der Waals surface area contributed by atoms with Gasteiger partial charge < -0.3 is 33.4 Å². The molecule has 10 nitrogen and oxygen atoms in total. The molecule has 10 N–H and O–H groups in total. The number of guanidine groups is 1. The maximum atomic E-state index is 12.5. The molecule has 0 saturated carbocycles. The first-order chi connectivity index (χ1) is 12.4. The van der Waals surface area contributed by atoms with Crippen LogP contribution in [0.3, 0.4) is 0 Å². The summed E-state index contributed by atoms with van der Waals surface area (Å²) in [6.07, 6.45) is -0.407. The zero-order valence-electron chi connectivity index (χ0n) is 16.5. The minimum Gasteiger partial charge on any atom is -0.391 e. The van der Waals surface area contributed by atoms with Crippen LogP contribution in [0, 0.1) is 11.8 Å². The van der Waals surface area contributed by atoms with Crippen LogP contribution in [0.2, 0.25) is 0 Å². The molecule has 0 aromatic rings. The first-order valence-electron chi connectivity index (χ1n) is 9.03. The van der Waals surface area contributed by atoms with Gasteiger partial charge in [0.1, 0.15) is 6.04 Å². The maximum Gasteiger partial charge on any atom is 0.240 e. The fourth-order valence-corrected chi connectivity index (χ4v) is 2.34. The summed E-state index contributed by atoms with van der Waals surface area (Å²) >= 11 is 0. The summed E-state index contributed by atoms with van der Waals surface area (Å²) in [5.41, 5.74) is 21.9. The molecule has 0 aliphatic carbocycles. The van der Waals surface area contributed by atoms with Crippen molar-refractivity contribution < 1.29 is 19.5 Å². The lowest BCUT2D eigenvalue weighted by atomic mass is 9.92. The van der Waals surface area contributed by atoms with Gasteiger partial charge in [-0.3, -0.25) is 19.4 Å². The van der Waals surface area contributed by atoms with Crippen molar-refractivity contribution in [1.82, 2.24) is 5.32 Å². The number of hydrogen-bond donors (Lipinski definition) is 6. The Kier molecular flexibility index (Phi) is 10.7. The van der Waals surface area contributed by atoms with Crippen molar-refractivity contribution in [3.05, 3.63) is 0 Å². The third-order valence-corrected chi connectivity index (χ3v) is 4.15. The van der Waals surface area contributed by atoms with Gasteiger partial charge in [-0.15, -0.1) is 0 Å². The van der Waals surface area contributed by atoms with Crippen LogP contribution in [0.25, 0.3) is 0 Å². The number of carbonyl (C=O) groups is 3. The van der Waals surface area contributed by atoms with E-state index >= 15 is 0 Å². The first-order valence-corrected chi connectivity index (χ1v) is 9.03. The van der Waals surface area contributed by atoms with Crippen LogP contribution in [0.1, 0.15) is 40.5 Å². The summed E-state index contributed by atoms with van der Waals surface area (Å²) in [7, 11) is 0. The number of Topliss-reactive ketones (excluding diaryl/α,β-unsaturated/α-hetero) is 2. The molecule has 0 aromatic carbocycles. The van der Waals surface area contributed by atoms with Gasteiger partial charge in [-0.25, -0.2) is 0 Å². The molecule has 0 spiro atoms. The Balaban J connectivity index is 4.93. The summed E-state index contributed by atoms with van der Waals surface area (Å²) in [6.45, 7) is 7.10. The van der Waals surface area contributed by atoms with E-state index in [4.69, 9.17) is 22.9 Å². The van der Waals surface area contributed by atoms with Crippen molar-refractivity contribution in [2.45, 2.75) is 64.8 Å². The largest absolute Gasteiger partial charge is 0.391 e. The molecule has 156 valence electrons. The summed E-state index contributed by atoms with van der Waals surface area (Å²) in [4.78, 5) is 40.9. The molecule has 0 heterocycles. The summed E-state index contributed by atoms with van der Waals surface area (Å²) in [5.74, 6) is -2.93. The lowest BCUT2D eigenvalue weighted by Crippen LogP contribution is -2.57. The fraction of sp³-hybridized carbons (Fsp3) is 0.765. The summed E-state index contributed by atoms with van der Waals surface area (Å²) < 4.78 is 0. The summed E-state index contributed by atoms with van der Waals surface area (Å²) in [5, 5.41) is 12.4. The molecular formula is C17H34N6O4. The highest BCUT2D eigenvalue weighted by Gasteiger charge is 2.34. The number of aliphatic imine (C=N–C) groups is 1. The second-order valence-electron chi connectivity index (χ2n) is 7.27. The minimum absolute atomic E-state index is 0.0616. The Morgan fingerprint density at radius 1 is 1.00 bits per heavy atom. The highest BCUT2D eigenvalue weighted by Crippen LogP contribution is 2.09. The van der Waals surface area contributed by atoms with Gasteiger partial charge in [0.15, 0.2) is 5.96 Å². The molecule has 0 fully saturated rings. The number of hydrogen-bond acceptors (Lipinski definition) is 7. The number of aliphatic hydroxyl groups is 1. The van der Waals surface area contributed by atoms with Crippen molar-refractivity contribution in [1.29, 1.82) is 0 Å². The van der Waals surface area contributed by atoms with Gasteiger partial charge in [0.2, 0.25) is 17.5 Å². The number of ketones is 2. The highest BCUT2D eigenvalue weighted by molar-refractivity contribution is 6.41. The predicted octanol–water partition coefficient (Wildman–Crippen LogP) is -2.01. The van der Waals surface area contributed by atoms with Crippen molar-refractivity contribution in [3.63, 3.8) is 0 Å².